The topological polar surface area (TPSA) is 49.7 Å². The van der Waals surface area contributed by atoms with Gasteiger partial charge in [0.15, 0.2) is 0 Å². The van der Waals surface area contributed by atoms with Crippen molar-refractivity contribution in [3.63, 3.8) is 0 Å². The van der Waals surface area contributed by atoms with Crippen LogP contribution in [0.2, 0.25) is 0 Å². The number of halogens is 1. The average molecular weight is 365 g/mol. The van der Waals surface area contributed by atoms with E-state index in [1.165, 1.54) is 5.69 Å². The molecule has 1 aliphatic rings. The summed E-state index contributed by atoms with van der Waals surface area (Å²) < 4.78 is 16.3. The monoisotopic (exact) mass is 365 g/mol. The molecule has 27 heavy (non-hydrogen) atoms. The van der Waals surface area contributed by atoms with E-state index >= 15 is 0 Å². The molecule has 0 spiro atoms. The number of benzene rings is 1. The lowest BCUT2D eigenvalue weighted by Crippen LogP contribution is -2.36. The Kier molecular flexibility index (Phi) is 4.66. The van der Waals surface area contributed by atoms with Crippen LogP contribution in [0.1, 0.15) is 39.7 Å². The number of hydrogen-bond donors (Lipinski definition) is 1. The number of nitrogens with zero attached hydrogens (tertiary/aromatic N) is 4. The van der Waals surface area contributed by atoms with Gasteiger partial charge < -0.3 is 4.98 Å². The minimum absolute atomic E-state index is 0.00216. The molecule has 3 heterocycles. The fourth-order valence-corrected chi connectivity index (χ4v) is 3.87. The third kappa shape index (κ3) is 3.21. The van der Waals surface area contributed by atoms with Crippen LogP contribution in [-0.2, 0) is 19.5 Å². The molecule has 0 unspecified atom stereocenters. The molecule has 0 aliphatic carbocycles. The van der Waals surface area contributed by atoms with Crippen molar-refractivity contribution < 1.29 is 4.39 Å². The predicted octanol–water partition coefficient (Wildman–Crippen LogP) is 3.70. The van der Waals surface area contributed by atoms with E-state index in [0.717, 1.165) is 35.3 Å². The molecule has 4 rings (SSSR count). The van der Waals surface area contributed by atoms with Crippen molar-refractivity contribution in [1.29, 1.82) is 0 Å². The summed E-state index contributed by atoms with van der Waals surface area (Å²) in [5.41, 5.74) is 5.72. The van der Waals surface area contributed by atoms with Gasteiger partial charge in [-0.15, -0.1) is 6.58 Å². The van der Waals surface area contributed by atoms with Crippen molar-refractivity contribution in [2.45, 2.75) is 39.4 Å². The zero-order valence-corrected chi connectivity index (χ0v) is 15.7. The highest BCUT2D eigenvalue weighted by molar-refractivity contribution is 5.34. The largest absolute Gasteiger partial charge is 0.348 e. The third-order valence-corrected chi connectivity index (χ3v) is 5.37. The number of nitrogens with one attached hydrogen (secondary N) is 1. The van der Waals surface area contributed by atoms with E-state index in [9.17, 15) is 4.39 Å². The smallest absolute Gasteiger partial charge is 0.129 e. The van der Waals surface area contributed by atoms with Crippen LogP contribution < -0.4 is 0 Å². The van der Waals surface area contributed by atoms with Crippen molar-refractivity contribution >= 4 is 0 Å². The number of aryl methyl sites for hydroxylation is 1. The summed E-state index contributed by atoms with van der Waals surface area (Å²) >= 11 is 0. The van der Waals surface area contributed by atoms with Crippen molar-refractivity contribution in [2.24, 2.45) is 0 Å². The number of aromatic amines is 1. The third-order valence-electron chi connectivity index (χ3n) is 5.37. The highest BCUT2D eigenvalue weighted by Crippen LogP contribution is 2.34. The predicted molar refractivity (Wildman–Crippen MR) is 103 cm³/mol. The first-order valence-corrected chi connectivity index (χ1v) is 9.22. The van der Waals surface area contributed by atoms with Crippen LogP contribution >= 0.6 is 0 Å². The van der Waals surface area contributed by atoms with Crippen LogP contribution in [0.4, 0.5) is 4.39 Å². The van der Waals surface area contributed by atoms with Gasteiger partial charge in [-0.05, 0) is 30.5 Å². The molecular weight excluding hydrogens is 341 g/mol. The molecule has 140 valence electrons. The molecule has 0 bridgehead atoms. The molecule has 0 radical (unpaired) electrons. The molecule has 0 fully saturated rings. The first-order valence-electron chi connectivity index (χ1n) is 9.22. The first-order chi connectivity index (χ1) is 13.1. The normalized spacial score (nSPS) is 17.1. The summed E-state index contributed by atoms with van der Waals surface area (Å²) in [6, 6.07) is 3.90. The fraction of sp³-hybridized carbons (Fsp3) is 0.333. The summed E-state index contributed by atoms with van der Waals surface area (Å²) in [7, 11) is 0. The van der Waals surface area contributed by atoms with Crippen molar-refractivity contribution in [3.8, 4) is 0 Å². The molecule has 0 saturated heterocycles. The van der Waals surface area contributed by atoms with Crippen LogP contribution in [-0.4, -0.2) is 31.2 Å². The number of aromatic nitrogens is 4. The highest BCUT2D eigenvalue weighted by Gasteiger charge is 2.32. The summed E-state index contributed by atoms with van der Waals surface area (Å²) in [6.07, 6.45) is 8.43. The fourth-order valence-electron chi connectivity index (χ4n) is 3.87. The van der Waals surface area contributed by atoms with Crippen LogP contribution in [0.25, 0.3) is 0 Å². The number of fused-ring (bicyclic) bond motifs is 1. The zero-order chi connectivity index (χ0) is 19.0. The van der Waals surface area contributed by atoms with E-state index in [-0.39, 0.29) is 11.9 Å². The Hall–Kier alpha value is -2.73. The molecular formula is C21H24FN5. The maximum atomic E-state index is 14.4. The van der Waals surface area contributed by atoms with Gasteiger partial charge in [-0.2, -0.15) is 5.10 Å². The van der Waals surface area contributed by atoms with Gasteiger partial charge in [0, 0.05) is 37.0 Å². The molecule has 6 heteroatoms. The van der Waals surface area contributed by atoms with E-state index < -0.39 is 0 Å². The Labute approximate surface area is 158 Å². The Balaban J connectivity index is 1.70. The van der Waals surface area contributed by atoms with Crippen molar-refractivity contribution in [1.82, 2.24) is 24.6 Å². The Morgan fingerprint density at radius 2 is 2.22 bits per heavy atom. The quantitative estimate of drug-likeness (QED) is 0.702. The summed E-state index contributed by atoms with van der Waals surface area (Å²) in [5.74, 6) is -0.111. The van der Waals surface area contributed by atoms with E-state index in [2.05, 4.69) is 26.5 Å². The van der Waals surface area contributed by atoms with Crippen LogP contribution in [0.15, 0.2) is 43.5 Å². The van der Waals surface area contributed by atoms with E-state index in [1.807, 2.05) is 42.2 Å². The maximum absolute atomic E-state index is 14.4. The molecule has 3 aromatic rings. The summed E-state index contributed by atoms with van der Waals surface area (Å²) in [6.45, 7) is 9.66. The number of imidazole rings is 1. The van der Waals surface area contributed by atoms with E-state index in [4.69, 9.17) is 0 Å². The lowest BCUT2D eigenvalue weighted by Gasteiger charge is -2.35. The lowest BCUT2D eigenvalue weighted by atomic mass is 9.96. The second-order valence-electron chi connectivity index (χ2n) is 7.15. The number of hydrogen-bond acceptors (Lipinski definition) is 3. The van der Waals surface area contributed by atoms with Gasteiger partial charge in [-0.3, -0.25) is 9.58 Å². The van der Waals surface area contributed by atoms with Gasteiger partial charge in [-0.1, -0.05) is 18.2 Å². The minimum atomic E-state index is -0.111. The highest BCUT2D eigenvalue weighted by atomic mass is 19.1. The van der Waals surface area contributed by atoms with Crippen LogP contribution in [0, 0.1) is 19.7 Å². The van der Waals surface area contributed by atoms with Crippen molar-refractivity contribution in [3.05, 3.63) is 83.0 Å². The Bertz CT molecular complexity index is 971. The molecule has 2 aromatic heterocycles. The van der Waals surface area contributed by atoms with Gasteiger partial charge in [0.1, 0.15) is 5.82 Å². The number of allylic oxidation sites excluding steroid dienone is 1. The molecule has 5 nitrogen and oxygen atoms in total. The number of rotatable bonds is 5. The second-order valence-corrected chi connectivity index (χ2v) is 7.15. The van der Waals surface area contributed by atoms with Gasteiger partial charge >= 0.3 is 0 Å². The van der Waals surface area contributed by atoms with Gasteiger partial charge in [0.05, 0.1) is 30.8 Å². The van der Waals surface area contributed by atoms with Crippen LogP contribution in [0.5, 0.6) is 0 Å². The van der Waals surface area contributed by atoms with Gasteiger partial charge in [0.2, 0.25) is 0 Å². The minimum Gasteiger partial charge on any atom is -0.348 e. The Morgan fingerprint density at radius 1 is 1.37 bits per heavy atom. The average Bonchev–Trinajstić information content (AvgIpc) is 3.31. The SMILES string of the molecule is C=CCn1cc([C@@H]2c3nc[nH]c3CCN2Cc2ccc(C)c(F)c2C)cn1. The second kappa shape index (κ2) is 7.12. The van der Waals surface area contributed by atoms with Crippen LogP contribution in [0.3, 0.4) is 0 Å². The Morgan fingerprint density at radius 3 is 3.04 bits per heavy atom. The lowest BCUT2D eigenvalue weighted by molar-refractivity contribution is 0.199. The van der Waals surface area contributed by atoms with E-state index in [1.54, 1.807) is 13.3 Å². The van der Waals surface area contributed by atoms with E-state index in [0.29, 0.717) is 18.7 Å². The standard InChI is InChI=1S/C21H24FN5/c1-4-8-27-12-17(10-25-27)21-20-18(23-13-24-20)7-9-26(21)11-16-6-5-14(2)19(22)15(16)3/h4-6,10,12-13,21H,1,7-9,11H2,2-3H3,(H,23,24)/t21-/m1/s1. The zero-order valence-electron chi connectivity index (χ0n) is 15.7. The summed E-state index contributed by atoms with van der Waals surface area (Å²) in [4.78, 5) is 10.2. The molecule has 0 amide bonds. The molecule has 1 atom stereocenters. The summed E-state index contributed by atoms with van der Waals surface area (Å²) in [5, 5.41) is 4.44. The first kappa shape index (κ1) is 17.7. The molecule has 1 N–H and O–H groups in total. The van der Waals surface area contributed by atoms with Gasteiger partial charge in [-0.25, -0.2) is 9.37 Å². The number of H-pyrrole nitrogens is 1. The molecule has 1 aromatic carbocycles. The van der Waals surface area contributed by atoms with Gasteiger partial charge in [0.25, 0.3) is 0 Å². The molecule has 0 saturated carbocycles. The van der Waals surface area contributed by atoms with Crippen molar-refractivity contribution in [2.75, 3.05) is 6.54 Å². The maximum Gasteiger partial charge on any atom is 0.129 e. The molecule has 1 aliphatic heterocycles.